The van der Waals surface area contributed by atoms with Gasteiger partial charge in [0.25, 0.3) is 0 Å². The van der Waals surface area contributed by atoms with Crippen LogP contribution in [0.4, 0.5) is 4.79 Å². The van der Waals surface area contributed by atoms with Gasteiger partial charge in [0.15, 0.2) is 0 Å². The van der Waals surface area contributed by atoms with E-state index < -0.39 is 17.8 Å². The third-order valence-electron chi connectivity index (χ3n) is 6.81. The number of hydrogen-bond acceptors (Lipinski definition) is 5. The van der Waals surface area contributed by atoms with Crippen LogP contribution in [0.15, 0.2) is 66.7 Å². The monoisotopic (exact) mass is 549 g/mol. The standard InChI is InChI=1S/C32H36ClNO5/c1-5-38-30(36)25-8-6-7-23(17-25)24-10-9-21-13-16-28(19-26(21)18-24)34(31(37)39-32(2,3)4)20-29(35)22-11-14-27(33)15-12-22/h6-12,14-15,17-18,28-29,35H,5,13,16,19-20H2,1-4H3/t28-,29-/m0/s1. The first-order valence-corrected chi connectivity index (χ1v) is 13.7. The summed E-state index contributed by atoms with van der Waals surface area (Å²) in [5.74, 6) is -0.343. The van der Waals surface area contributed by atoms with Crippen molar-refractivity contribution in [2.24, 2.45) is 0 Å². The molecule has 0 saturated carbocycles. The van der Waals surface area contributed by atoms with Gasteiger partial charge in [0.2, 0.25) is 0 Å². The molecule has 4 rings (SSSR count). The number of hydrogen-bond donors (Lipinski definition) is 1. The Bertz CT molecular complexity index is 1310. The number of carbonyl (C=O) groups is 2. The van der Waals surface area contributed by atoms with Crippen molar-refractivity contribution in [3.8, 4) is 11.1 Å². The first kappa shape index (κ1) is 28.7. The van der Waals surface area contributed by atoms with Crippen LogP contribution < -0.4 is 0 Å². The number of ether oxygens (including phenoxy) is 2. The summed E-state index contributed by atoms with van der Waals surface area (Å²) in [5, 5.41) is 11.6. The molecule has 1 aliphatic carbocycles. The second kappa shape index (κ2) is 12.2. The van der Waals surface area contributed by atoms with Gasteiger partial charge in [0.1, 0.15) is 5.60 Å². The second-order valence-corrected chi connectivity index (χ2v) is 11.3. The maximum atomic E-state index is 13.4. The van der Waals surface area contributed by atoms with Gasteiger partial charge in [0, 0.05) is 11.1 Å². The lowest BCUT2D eigenvalue weighted by molar-refractivity contribution is 0.00194. The van der Waals surface area contributed by atoms with Crippen LogP contribution in [-0.4, -0.2) is 46.9 Å². The Balaban J connectivity index is 1.59. The Morgan fingerprint density at radius 1 is 1.03 bits per heavy atom. The van der Waals surface area contributed by atoms with Crippen LogP contribution >= 0.6 is 11.6 Å². The molecule has 0 aromatic heterocycles. The lowest BCUT2D eigenvalue weighted by atomic mass is 9.85. The third-order valence-corrected chi connectivity index (χ3v) is 7.06. The lowest BCUT2D eigenvalue weighted by Crippen LogP contribution is -2.47. The van der Waals surface area contributed by atoms with E-state index in [1.807, 2.05) is 39.0 Å². The fourth-order valence-electron chi connectivity index (χ4n) is 4.89. The molecule has 2 atom stereocenters. The van der Waals surface area contributed by atoms with Crippen molar-refractivity contribution in [2.75, 3.05) is 13.2 Å². The third kappa shape index (κ3) is 7.40. The Kier molecular flexibility index (Phi) is 8.98. The molecule has 0 unspecified atom stereocenters. The number of benzene rings is 3. The zero-order chi connectivity index (χ0) is 28.2. The highest BCUT2D eigenvalue weighted by Crippen LogP contribution is 2.31. The van der Waals surface area contributed by atoms with Gasteiger partial charge in [-0.25, -0.2) is 9.59 Å². The van der Waals surface area contributed by atoms with Crippen LogP contribution in [0, 0.1) is 0 Å². The van der Waals surface area contributed by atoms with Gasteiger partial charge in [-0.15, -0.1) is 0 Å². The molecule has 7 heteroatoms. The van der Waals surface area contributed by atoms with Gasteiger partial charge in [-0.2, -0.15) is 0 Å². The molecule has 39 heavy (non-hydrogen) atoms. The van der Waals surface area contributed by atoms with Gasteiger partial charge in [-0.3, -0.25) is 0 Å². The van der Waals surface area contributed by atoms with Crippen LogP contribution in [0.2, 0.25) is 5.02 Å². The van der Waals surface area contributed by atoms with Crippen molar-refractivity contribution in [2.45, 2.75) is 64.7 Å². The SMILES string of the molecule is CCOC(=O)c1cccc(-c2ccc3c(c2)C[C@@H](N(C[C@H](O)c2ccc(Cl)cc2)C(=O)OC(C)(C)C)CC3)c1. The maximum Gasteiger partial charge on any atom is 0.410 e. The van der Waals surface area contributed by atoms with E-state index in [2.05, 4.69) is 18.2 Å². The smallest absolute Gasteiger partial charge is 0.410 e. The van der Waals surface area contributed by atoms with E-state index in [-0.39, 0.29) is 18.6 Å². The minimum absolute atomic E-state index is 0.109. The first-order chi connectivity index (χ1) is 18.5. The summed E-state index contributed by atoms with van der Waals surface area (Å²) in [6.07, 6.45) is 0.875. The quantitative estimate of drug-likeness (QED) is 0.321. The number of rotatable bonds is 7. The van der Waals surface area contributed by atoms with Crippen LogP contribution in [0.25, 0.3) is 11.1 Å². The molecular weight excluding hydrogens is 514 g/mol. The summed E-state index contributed by atoms with van der Waals surface area (Å²) in [5.41, 5.74) is 4.83. The number of aliphatic hydroxyl groups excluding tert-OH is 1. The van der Waals surface area contributed by atoms with Gasteiger partial charge in [-0.05, 0) is 99.0 Å². The number of aliphatic hydroxyl groups is 1. The second-order valence-electron chi connectivity index (χ2n) is 10.9. The Labute approximate surface area is 235 Å². The van der Waals surface area contributed by atoms with Crippen LogP contribution in [0.1, 0.15) is 67.3 Å². The highest BCUT2D eigenvalue weighted by Gasteiger charge is 2.33. The van der Waals surface area contributed by atoms with Gasteiger partial charge in [-0.1, -0.05) is 54.1 Å². The average molecular weight is 550 g/mol. The fourth-order valence-corrected chi connectivity index (χ4v) is 5.02. The number of aryl methyl sites for hydroxylation is 1. The summed E-state index contributed by atoms with van der Waals surface area (Å²) in [7, 11) is 0. The van der Waals surface area contributed by atoms with Crippen molar-refractivity contribution in [1.29, 1.82) is 0 Å². The predicted molar refractivity (Wildman–Crippen MR) is 153 cm³/mol. The molecule has 0 aliphatic heterocycles. The molecular formula is C32H36ClNO5. The summed E-state index contributed by atoms with van der Waals surface area (Å²) >= 11 is 6.02. The first-order valence-electron chi connectivity index (χ1n) is 13.4. The maximum absolute atomic E-state index is 13.4. The van der Waals surface area contributed by atoms with Crippen LogP contribution in [-0.2, 0) is 22.3 Å². The van der Waals surface area contributed by atoms with E-state index in [0.29, 0.717) is 29.2 Å². The molecule has 3 aromatic carbocycles. The molecule has 1 aliphatic rings. The largest absolute Gasteiger partial charge is 0.462 e. The molecule has 6 nitrogen and oxygen atoms in total. The number of nitrogens with zero attached hydrogens (tertiary/aromatic N) is 1. The molecule has 1 N–H and O–H groups in total. The van der Waals surface area contributed by atoms with Crippen molar-refractivity contribution in [1.82, 2.24) is 4.90 Å². The molecule has 0 fully saturated rings. The van der Waals surface area contributed by atoms with Gasteiger partial charge < -0.3 is 19.5 Å². The molecule has 0 bridgehead atoms. The topological polar surface area (TPSA) is 76.1 Å². The molecule has 1 amide bonds. The van der Waals surface area contributed by atoms with E-state index in [1.165, 1.54) is 5.56 Å². The van der Waals surface area contributed by atoms with Gasteiger partial charge in [0.05, 0.1) is 24.8 Å². The number of halogens is 1. The van der Waals surface area contributed by atoms with Crippen LogP contribution in [0.5, 0.6) is 0 Å². The molecule has 0 radical (unpaired) electrons. The van der Waals surface area contributed by atoms with E-state index >= 15 is 0 Å². The van der Waals surface area contributed by atoms with Crippen molar-refractivity contribution < 1.29 is 24.2 Å². The predicted octanol–water partition coefficient (Wildman–Crippen LogP) is 7.01. The highest BCUT2D eigenvalue weighted by atomic mass is 35.5. The highest BCUT2D eigenvalue weighted by molar-refractivity contribution is 6.30. The molecule has 0 saturated heterocycles. The minimum Gasteiger partial charge on any atom is -0.462 e. The molecule has 206 valence electrons. The van der Waals surface area contributed by atoms with E-state index in [0.717, 1.165) is 29.5 Å². The number of amides is 1. The average Bonchev–Trinajstić information content (AvgIpc) is 2.90. The number of fused-ring (bicyclic) bond motifs is 1. The summed E-state index contributed by atoms with van der Waals surface area (Å²) in [6, 6.07) is 20.6. The summed E-state index contributed by atoms with van der Waals surface area (Å²) < 4.78 is 10.9. The van der Waals surface area contributed by atoms with E-state index in [9.17, 15) is 14.7 Å². The Hall–Kier alpha value is -3.35. The van der Waals surface area contributed by atoms with Gasteiger partial charge >= 0.3 is 12.1 Å². The summed E-state index contributed by atoms with van der Waals surface area (Å²) in [6.45, 7) is 7.74. The summed E-state index contributed by atoms with van der Waals surface area (Å²) in [4.78, 5) is 27.3. The molecule has 3 aromatic rings. The lowest BCUT2D eigenvalue weighted by Gasteiger charge is -2.37. The normalized spacial score (nSPS) is 15.7. The van der Waals surface area contributed by atoms with Crippen molar-refractivity contribution in [3.05, 3.63) is 94.0 Å². The van der Waals surface area contributed by atoms with Crippen molar-refractivity contribution >= 4 is 23.7 Å². The number of carbonyl (C=O) groups excluding carboxylic acids is 2. The Morgan fingerprint density at radius 3 is 2.44 bits per heavy atom. The molecule has 0 spiro atoms. The zero-order valence-corrected chi connectivity index (χ0v) is 23.7. The fraction of sp³-hybridized carbons (Fsp3) is 0.375. The zero-order valence-electron chi connectivity index (χ0n) is 22.9. The minimum atomic E-state index is -0.881. The van der Waals surface area contributed by atoms with Crippen LogP contribution in [0.3, 0.4) is 0 Å². The van der Waals surface area contributed by atoms with Crippen molar-refractivity contribution in [3.63, 3.8) is 0 Å². The Morgan fingerprint density at radius 2 is 1.74 bits per heavy atom. The van der Waals surface area contributed by atoms with E-state index in [1.54, 1.807) is 42.2 Å². The molecule has 0 heterocycles. The van der Waals surface area contributed by atoms with E-state index in [4.69, 9.17) is 21.1 Å². The number of esters is 1.